The van der Waals surface area contributed by atoms with Gasteiger partial charge in [0.1, 0.15) is 0 Å². The molecular weight excluding hydrogens is 725 g/mol. The largest absolute Gasteiger partial charge is 0.493 e. The average Bonchev–Trinajstić information content (AvgIpc) is 3.53. The van der Waals surface area contributed by atoms with Crippen LogP contribution in [0, 0.1) is 0 Å². The monoisotopic (exact) mass is 821 g/mol. The fourth-order valence-electron chi connectivity index (χ4n) is 9.68. The maximum Gasteiger partial charge on any atom is 0.211 e. The Morgan fingerprint density at radius 2 is 0.517 bits per heavy atom. The molecule has 60 heavy (non-hydrogen) atoms. The standard InChI is InChI=1S/C58H96N2/c1-7-13-19-24-28-32-37-49-43-50(38-33-29-25-20-14-8-2)46-53(45-49)57-55(41-18-12-6)56(42-36-23-17-11-5)58(60(57)59)54-47-51(39-34-30-26-21-15-9-3)44-52(48-54)40-35-31-27-22-16-10-4/h43-48H,7-42H2,1-6H3. The van der Waals surface area contributed by atoms with Gasteiger partial charge in [-0.1, -0.05) is 208 Å². The van der Waals surface area contributed by atoms with Crippen molar-refractivity contribution in [2.45, 2.75) is 273 Å². The quantitative estimate of drug-likeness (QED) is 0.0476. The lowest BCUT2D eigenvalue weighted by atomic mass is 9.89. The molecule has 2 aromatic rings. The minimum Gasteiger partial charge on any atom is -0.493 e. The van der Waals surface area contributed by atoms with Crippen molar-refractivity contribution in [1.29, 1.82) is 0 Å². The molecule has 2 heteroatoms. The molecule has 0 aromatic heterocycles. The molecule has 0 N–H and O–H groups in total. The number of benzene rings is 2. The molecule has 0 unspecified atom stereocenters. The summed E-state index contributed by atoms with van der Waals surface area (Å²) in [6, 6.07) is 15.0. The van der Waals surface area contributed by atoms with Crippen LogP contribution in [0.2, 0.25) is 0 Å². The number of aryl methyl sites for hydroxylation is 4. The summed E-state index contributed by atoms with van der Waals surface area (Å²) in [5.41, 5.74) is 26.3. The van der Waals surface area contributed by atoms with Crippen LogP contribution in [0.1, 0.15) is 280 Å². The van der Waals surface area contributed by atoms with Crippen molar-refractivity contribution in [1.82, 2.24) is 0 Å². The molecule has 338 valence electrons. The first-order valence-electron chi connectivity index (χ1n) is 26.7. The Morgan fingerprint density at radius 3 is 0.817 bits per heavy atom. The van der Waals surface area contributed by atoms with E-state index in [1.807, 2.05) is 0 Å². The van der Waals surface area contributed by atoms with Gasteiger partial charge < -0.3 is 5.53 Å². The number of hydrogen-bond acceptors (Lipinski definition) is 0. The molecule has 0 atom stereocenters. The molecule has 0 saturated heterocycles. The molecule has 1 aliphatic rings. The van der Waals surface area contributed by atoms with Crippen LogP contribution >= 0.6 is 0 Å². The summed E-state index contributed by atoms with van der Waals surface area (Å²) in [4.78, 5) is 0. The van der Waals surface area contributed by atoms with Crippen LogP contribution in [0.3, 0.4) is 0 Å². The van der Waals surface area contributed by atoms with Gasteiger partial charge in [-0.3, -0.25) is 0 Å². The number of hydrogen-bond donors (Lipinski definition) is 0. The average molecular weight is 821 g/mol. The lowest BCUT2D eigenvalue weighted by Crippen LogP contribution is -2.05. The van der Waals surface area contributed by atoms with E-state index in [-0.39, 0.29) is 0 Å². The third-order valence-corrected chi connectivity index (χ3v) is 13.3. The van der Waals surface area contributed by atoms with Gasteiger partial charge in [-0.15, -0.1) is 0 Å². The Kier molecular flexibility index (Phi) is 28.6. The maximum atomic E-state index is 12.9. The SMILES string of the molecule is CCCCCCCCc1cc(CCCCCCCC)cc(C2=C(CCCC)C(CCCCCC)=C(c3cc(CCCCCCCC)cc(CCCCCCCC)c3)[N+]2=[N-])c1. The zero-order valence-corrected chi connectivity index (χ0v) is 40.8. The van der Waals surface area contributed by atoms with Crippen molar-refractivity contribution in [2.24, 2.45) is 0 Å². The maximum absolute atomic E-state index is 12.9. The van der Waals surface area contributed by atoms with Gasteiger partial charge >= 0.3 is 0 Å². The van der Waals surface area contributed by atoms with Crippen LogP contribution in [-0.4, -0.2) is 4.70 Å². The zero-order valence-electron chi connectivity index (χ0n) is 40.8. The Bertz CT molecular complexity index is 1440. The van der Waals surface area contributed by atoms with Gasteiger partial charge in [0, 0.05) is 22.3 Å². The van der Waals surface area contributed by atoms with E-state index in [9.17, 15) is 5.53 Å². The smallest absolute Gasteiger partial charge is 0.211 e. The third kappa shape index (κ3) is 19.7. The highest BCUT2D eigenvalue weighted by molar-refractivity contribution is 5.82. The topological polar surface area (TPSA) is 25.3 Å². The van der Waals surface area contributed by atoms with Crippen LogP contribution in [-0.2, 0) is 25.7 Å². The van der Waals surface area contributed by atoms with Crippen LogP contribution in [0.15, 0.2) is 47.5 Å². The summed E-state index contributed by atoms with van der Waals surface area (Å²) in [6.45, 7) is 13.9. The predicted octanol–water partition coefficient (Wildman–Crippen LogP) is 19.6. The first-order valence-corrected chi connectivity index (χ1v) is 26.7. The third-order valence-electron chi connectivity index (χ3n) is 13.3. The van der Waals surface area contributed by atoms with Crippen molar-refractivity contribution in [3.63, 3.8) is 0 Å². The normalized spacial score (nSPS) is 13.1. The van der Waals surface area contributed by atoms with E-state index >= 15 is 0 Å². The van der Waals surface area contributed by atoms with E-state index in [1.165, 1.54) is 224 Å². The molecule has 0 radical (unpaired) electrons. The molecule has 2 nitrogen and oxygen atoms in total. The van der Waals surface area contributed by atoms with Crippen molar-refractivity contribution in [2.75, 3.05) is 0 Å². The van der Waals surface area contributed by atoms with Gasteiger partial charge in [-0.05, 0) is 124 Å². The van der Waals surface area contributed by atoms with E-state index in [1.54, 1.807) is 4.70 Å². The summed E-state index contributed by atoms with van der Waals surface area (Å²) in [6.07, 6.45) is 45.7. The zero-order chi connectivity index (χ0) is 43.0. The molecule has 0 bridgehead atoms. The Morgan fingerprint density at radius 1 is 0.283 bits per heavy atom. The minimum atomic E-state index is 1.03. The van der Waals surface area contributed by atoms with Crippen LogP contribution in [0.4, 0.5) is 0 Å². The summed E-state index contributed by atoms with van der Waals surface area (Å²) >= 11 is 0. The van der Waals surface area contributed by atoms with Crippen molar-refractivity contribution in [3.05, 3.63) is 86.5 Å². The fourth-order valence-corrected chi connectivity index (χ4v) is 9.68. The van der Waals surface area contributed by atoms with Gasteiger partial charge in [-0.25, -0.2) is 4.70 Å². The van der Waals surface area contributed by atoms with Gasteiger partial charge in [0.25, 0.3) is 0 Å². The highest BCUT2D eigenvalue weighted by Gasteiger charge is 2.35. The lowest BCUT2D eigenvalue weighted by molar-refractivity contribution is -0.345. The Labute approximate surface area is 373 Å². The molecule has 1 heterocycles. The number of nitrogens with zero attached hydrogens (tertiary/aromatic N) is 2. The van der Waals surface area contributed by atoms with E-state index in [0.29, 0.717) is 0 Å². The molecule has 2 aromatic carbocycles. The van der Waals surface area contributed by atoms with Crippen LogP contribution in [0.25, 0.3) is 16.9 Å². The molecule has 0 aliphatic carbocycles. The molecule has 0 fully saturated rings. The van der Waals surface area contributed by atoms with Crippen molar-refractivity contribution < 1.29 is 4.70 Å². The first-order chi connectivity index (χ1) is 29.5. The second kappa shape index (κ2) is 33.1. The Balaban J connectivity index is 2.09. The molecule has 0 spiro atoms. The summed E-state index contributed by atoms with van der Waals surface area (Å²) < 4.78 is 1.72. The molecule has 0 amide bonds. The minimum absolute atomic E-state index is 1.03. The Hall–Kier alpha value is -2.48. The van der Waals surface area contributed by atoms with E-state index in [2.05, 4.69) is 77.9 Å². The van der Waals surface area contributed by atoms with Gasteiger partial charge in [0.2, 0.25) is 11.4 Å². The summed E-state index contributed by atoms with van der Waals surface area (Å²) in [7, 11) is 0. The van der Waals surface area contributed by atoms with Crippen molar-refractivity contribution in [3.8, 4) is 0 Å². The first kappa shape index (κ1) is 51.9. The second-order valence-electron chi connectivity index (χ2n) is 19.0. The van der Waals surface area contributed by atoms with E-state index < -0.39 is 0 Å². The highest BCUT2D eigenvalue weighted by atomic mass is 15.2. The summed E-state index contributed by atoms with van der Waals surface area (Å²) in [5.74, 6) is 0. The van der Waals surface area contributed by atoms with Gasteiger partial charge in [0.15, 0.2) is 0 Å². The number of unbranched alkanes of at least 4 members (excludes halogenated alkanes) is 24. The highest BCUT2D eigenvalue weighted by Crippen LogP contribution is 2.45. The number of allylic oxidation sites excluding steroid dienone is 2. The van der Waals surface area contributed by atoms with E-state index in [0.717, 1.165) is 62.8 Å². The number of rotatable bonds is 38. The van der Waals surface area contributed by atoms with Crippen LogP contribution in [0.5, 0.6) is 0 Å². The molecule has 1 aliphatic heterocycles. The van der Waals surface area contributed by atoms with E-state index in [4.69, 9.17) is 0 Å². The lowest BCUT2D eigenvalue weighted by Gasteiger charge is -2.15. The van der Waals surface area contributed by atoms with Crippen molar-refractivity contribution >= 4 is 11.4 Å². The summed E-state index contributed by atoms with van der Waals surface area (Å²) in [5, 5.41) is 0. The molecule has 0 saturated carbocycles. The molecular formula is C58H96N2. The van der Waals surface area contributed by atoms with Gasteiger partial charge in [-0.2, -0.15) is 0 Å². The fraction of sp³-hybridized carbons (Fsp3) is 0.724. The predicted molar refractivity (Wildman–Crippen MR) is 267 cm³/mol. The van der Waals surface area contributed by atoms with Gasteiger partial charge in [0.05, 0.1) is 0 Å². The second-order valence-corrected chi connectivity index (χ2v) is 19.0. The molecule has 3 rings (SSSR count). The van der Waals surface area contributed by atoms with Crippen LogP contribution < -0.4 is 0 Å².